The van der Waals surface area contributed by atoms with Crippen molar-refractivity contribution in [3.8, 4) is 11.5 Å². The lowest BCUT2D eigenvalue weighted by Gasteiger charge is -2.14. The Labute approximate surface area is 153 Å². The molecule has 0 aliphatic rings. The first-order valence-corrected chi connectivity index (χ1v) is 8.18. The highest BCUT2D eigenvalue weighted by Crippen LogP contribution is 2.35. The van der Waals surface area contributed by atoms with Gasteiger partial charge in [0.05, 0.1) is 10.7 Å². The molecule has 2 N–H and O–H groups in total. The summed E-state index contributed by atoms with van der Waals surface area (Å²) in [6, 6.07) is 11.2. The molecule has 1 amide bonds. The number of hydrogen-bond acceptors (Lipinski definition) is 3. The van der Waals surface area contributed by atoms with Crippen molar-refractivity contribution in [1.29, 1.82) is 0 Å². The maximum atomic E-state index is 10.8. The van der Waals surface area contributed by atoms with Crippen molar-refractivity contribution in [2.24, 2.45) is 5.73 Å². The van der Waals surface area contributed by atoms with Crippen LogP contribution in [0.2, 0.25) is 5.02 Å². The van der Waals surface area contributed by atoms with Crippen LogP contribution >= 0.6 is 34.2 Å². The Hall–Kier alpha value is -1.73. The number of nitrogens with two attached hydrogens (primary N) is 1. The van der Waals surface area contributed by atoms with Crippen LogP contribution in [0.1, 0.15) is 11.1 Å². The van der Waals surface area contributed by atoms with Gasteiger partial charge in [-0.05, 0) is 52.4 Å². The van der Waals surface area contributed by atoms with Crippen molar-refractivity contribution < 1.29 is 14.3 Å². The van der Waals surface area contributed by atoms with Crippen molar-refractivity contribution >= 4 is 46.2 Å². The number of hydrogen-bond donors (Lipinski definition) is 1. The highest BCUT2D eigenvalue weighted by atomic mass is 127. The lowest BCUT2D eigenvalue weighted by atomic mass is 10.2. The summed E-state index contributed by atoms with van der Waals surface area (Å²) in [6.45, 7) is 0.336. The van der Waals surface area contributed by atoms with Gasteiger partial charge in [0.25, 0.3) is 0 Å². The first kappa shape index (κ1) is 17.6. The quantitative estimate of drug-likeness (QED) is 0.542. The zero-order valence-corrected chi connectivity index (χ0v) is 15.3. The van der Waals surface area contributed by atoms with Crippen LogP contribution in [0, 0.1) is 3.57 Å². The van der Waals surface area contributed by atoms with E-state index in [2.05, 4.69) is 22.6 Å². The molecule has 0 spiro atoms. The Kier molecular flexibility index (Phi) is 6.29. The normalized spacial score (nSPS) is 10.7. The summed E-state index contributed by atoms with van der Waals surface area (Å²) in [4.78, 5) is 10.8. The second kappa shape index (κ2) is 8.21. The third-order valence-electron chi connectivity index (χ3n) is 3.02. The molecule has 0 atom stereocenters. The van der Waals surface area contributed by atoms with E-state index >= 15 is 0 Å². The summed E-state index contributed by atoms with van der Waals surface area (Å²) in [6.07, 6.45) is 2.93. The molecular formula is C17H15ClINO3. The summed E-state index contributed by atoms with van der Waals surface area (Å²) in [5, 5.41) is 0.655. The number of methoxy groups -OCH3 is 1. The highest BCUT2D eigenvalue weighted by Gasteiger charge is 2.12. The van der Waals surface area contributed by atoms with Gasteiger partial charge in [-0.15, -0.1) is 0 Å². The Morgan fingerprint density at radius 3 is 2.74 bits per heavy atom. The van der Waals surface area contributed by atoms with Crippen molar-refractivity contribution in [2.45, 2.75) is 6.61 Å². The summed E-state index contributed by atoms with van der Waals surface area (Å²) >= 11 is 8.29. The Bertz CT molecular complexity index is 747. The first-order chi connectivity index (χ1) is 11.0. The largest absolute Gasteiger partial charge is 0.493 e. The van der Waals surface area contributed by atoms with Crippen LogP contribution in [0.25, 0.3) is 6.08 Å². The predicted molar refractivity (Wildman–Crippen MR) is 99.7 cm³/mol. The smallest absolute Gasteiger partial charge is 0.241 e. The number of amides is 1. The number of halogens is 2. The molecule has 2 aromatic rings. The van der Waals surface area contributed by atoms with Crippen LogP contribution < -0.4 is 15.2 Å². The van der Waals surface area contributed by atoms with Gasteiger partial charge in [-0.1, -0.05) is 29.8 Å². The molecule has 2 aromatic carbocycles. The van der Waals surface area contributed by atoms with Crippen LogP contribution in [0.4, 0.5) is 0 Å². The lowest BCUT2D eigenvalue weighted by Crippen LogP contribution is -2.05. The molecule has 0 saturated heterocycles. The summed E-state index contributed by atoms with van der Waals surface area (Å²) < 4.78 is 12.1. The van der Waals surface area contributed by atoms with E-state index in [1.54, 1.807) is 19.3 Å². The molecule has 2 rings (SSSR count). The minimum Gasteiger partial charge on any atom is -0.493 e. The summed E-state index contributed by atoms with van der Waals surface area (Å²) in [5.74, 6) is 0.704. The highest BCUT2D eigenvalue weighted by molar-refractivity contribution is 14.1. The van der Waals surface area contributed by atoms with Crippen LogP contribution in [-0.2, 0) is 11.4 Å². The number of benzene rings is 2. The van der Waals surface area contributed by atoms with Crippen LogP contribution in [0.3, 0.4) is 0 Å². The Morgan fingerprint density at radius 1 is 1.35 bits per heavy atom. The maximum Gasteiger partial charge on any atom is 0.241 e. The van der Waals surface area contributed by atoms with Gasteiger partial charge < -0.3 is 15.2 Å². The van der Waals surface area contributed by atoms with E-state index in [1.807, 2.05) is 30.3 Å². The van der Waals surface area contributed by atoms with E-state index in [9.17, 15) is 4.79 Å². The Morgan fingerprint density at radius 2 is 2.09 bits per heavy atom. The van der Waals surface area contributed by atoms with E-state index in [1.165, 1.54) is 6.08 Å². The molecule has 0 bridgehead atoms. The van der Waals surface area contributed by atoms with Gasteiger partial charge in [0.2, 0.25) is 5.91 Å². The SMILES string of the molecule is COc1cc(/C=C/C(N)=O)cc(I)c1OCc1ccccc1Cl. The third kappa shape index (κ3) is 4.87. The zero-order chi connectivity index (χ0) is 16.8. The van der Waals surface area contributed by atoms with Gasteiger partial charge in [-0.2, -0.15) is 0 Å². The Balaban J connectivity index is 2.24. The first-order valence-electron chi connectivity index (χ1n) is 6.72. The lowest BCUT2D eigenvalue weighted by molar-refractivity contribution is -0.113. The van der Waals surface area contributed by atoms with Gasteiger partial charge in [0.1, 0.15) is 6.61 Å². The topological polar surface area (TPSA) is 61.5 Å². The molecule has 0 aliphatic carbocycles. The standard InChI is InChI=1S/C17H15ClINO3/c1-22-15-9-11(6-7-16(20)21)8-14(19)17(15)23-10-12-4-2-3-5-13(12)18/h2-9H,10H2,1H3,(H2,20,21)/b7-6+. The monoisotopic (exact) mass is 443 g/mol. The third-order valence-corrected chi connectivity index (χ3v) is 4.19. The molecule has 23 heavy (non-hydrogen) atoms. The van der Waals surface area contributed by atoms with E-state index in [0.29, 0.717) is 23.1 Å². The molecule has 0 radical (unpaired) electrons. The zero-order valence-electron chi connectivity index (χ0n) is 12.4. The van der Waals surface area contributed by atoms with Crippen molar-refractivity contribution in [1.82, 2.24) is 0 Å². The second-order valence-corrected chi connectivity index (χ2v) is 6.22. The van der Waals surface area contributed by atoms with Crippen LogP contribution in [0.5, 0.6) is 11.5 Å². The van der Waals surface area contributed by atoms with Gasteiger partial charge in [-0.25, -0.2) is 0 Å². The van der Waals surface area contributed by atoms with Gasteiger partial charge in [0, 0.05) is 16.7 Å². The molecule has 0 heterocycles. The second-order valence-electron chi connectivity index (χ2n) is 4.65. The number of primary amides is 1. The number of ether oxygens (including phenoxy) is 2. The van der Waals surface area contributed by atoms with E-state index < -0.39 is 5.91 Å². The molecule has 0 aliphatic heterocycles. The number of carbonyl (C=O) groups is 1. The van der Waals surface area contributed by atoms with Gasteiger partial charge >= 0.3 is 0 Å². The van der Waals surface area contributed by atoms with Crippen molar-refractivity contribution in [2.75, 3.05) is 7.11 Å². The average Bonchev–Trinajstić information content (AvgIpc) is 2.52. The van der Waals surface area contributed by atoms with E-state index in [0.717, 1.165) is 14.7 Å². The fraction of sp³-hybridized carbons (Fsp3) is 0.118. The summed E-state index contributed by atoms with van der Waals surface area (Å²) in [7, 11) is 1.56. The molecule has 0 aromatic heterocycles. The molecule has 0 saturated carbocycles. The van der Waals surface area contributed by atoms with E-state index in [4.69, 9.17) is 26.8 Å². The van der Waals surface area contributed by atoms with Crippen LogP contribution in [-0.4, -0.2) is 13.0 Å². The number of carbonyl (C=O) groups excluding carboxylic acids is 1. The maximum absolute atomic E-state index is 10.8. The fourth-order valence-electron chi connectivity index (χ4n) is 1.92. The van der Waals surface area contributed by atoms with Gasteiger partial charge in [-0.3, -0.25) is 4.79 Å². The molecule has 120 valence electrons. The molecule has 0 fully saturated rings. The minimum absolute atomic E-state index is 0.336. The molecular weight excluding hydrogens is 429 g/mol. The average molecular weight is 444 g/mol. The predicted octanol–water partition coefficient (Wildman–Crippen LogP) is 4.03. The van der Waals surface area contributed by atoms with Crippen molar-refractivity contribution in [3.05, 3.63) is 62.2 Å². The van der Waals surface area contributed by atoms with Crippen molar-refractivity contribution in [3.63, 3.8) is 0 Å². The molecule has 4 nitrogen and oxygen atoms in total. The summed E-state index contributed by atoms with van der Waals surface area (Å²) in [5.41, 5.74) is 6.80. The number of rotatable bonds is 6. The fourth-order valence-corrected chi connectivity index (χ4v) is 2.89. The van der Waals surface area contributed by atoms with Crippen LogP contribution in [0.15, 0.2) is 42.5 Å². The minimum atomic E-state index is -0.502. The molecule has 0 unspecified atom stereocenters. The molecule has 6 heteroatoms. The van der Waals surface area contributed by atoms with E-state index in [-0.39, 0.29) is 0 Å². The van der Waals surface area contributed by atoms with Gasteiger partial charge in [0.15, 0.2) is 11.5 Å².